The molecule has 0 saturated heterocycles. The number of pyridine rings is 1. The van der Waals surface area contributed by atoms with E-state index in [4.69, 9.17) is 23.2 Å². The second-order valence-electron chi connectivity index (χ2n) is 5.29. The number of amides is 1. The number of carbonyl (C=O) groups is 1. The Labute approximate surface area is 160 Å². The molecule has 5 nitrogen and oxygen atoms in total. The molecule has 0 atom stereocenters. The van der Waals surface area contributed by atoms with Crippen molar-refractivity contribution < 1.29 is 4.79 Å². The minimum atomic E-state index is -0.388. The van der Waals surface area contributed by atoms with Crippen molar-refractivity contribution in [1.29, 1.82) is 0 Å². The molecular weight excluding hydrogens is 371 g/mol. The number of hydrogen-bond donors (Lipinski definition) is 2. The van der Waals surface area contributed by atoms with Gasteiger partial charge in [-0.15, -0.1) is 0 Å². The quantitative estimate of drug-likeness (QED) is 0.485. The van der Waals surface area contributed by atoms with Gasteiger partial charge in [-0.05, 0) is 48.0 Å². The summed E-state index contributed by atoms with van der Waals surface area (Å²) in [4.78, 5) is 16.6. The molecule has 0 radical (unpaired) electrons. The van der Waals surface area contributed by atoms with Crippen molar-refractivity contribution in [2.45, 2.75) is 0 Å². The number of carbonyl (C=O) groups excluding carboxylic acids is 1. The number of aromatic nitrogens is 1. The molecule has 26 heavy (non-hydrogen) atoms. The van der Waals surface area contributed by atoms with E-state index in [1.54, 1.807) is 48.7 Å². The normalized spacial score (nSPS) is 10.7. The summed E-state index contributed by atoms with van der Waals surface area (Å²) in [6.45, 7) is 0. The number of nitrogens with one attached hydrogen (secondary N) is 2. The van der Waals surface area contributed by atoms with Crippen LogP contribution < -0.4 is 10.7 Å². The van der Waals surface area contributed by atoms with E-state index in [1.165, 1.54) is 6.21 Å². The first-order chi connectivity index (χ1) is 12.6. The molecule has 0 aliphatic heterocycles. The van der Waals surface area contributed by atoms with E-state index >= 15 is 0 Å². The second-order valence-corrected chi connectivity index (χ2v) is 6.16. The monoisotopic (exact) mass is 384 g/mol. The largest absolute Gasteiger partial charge is 0.340 e. The zero-order chi connectivity index (χ0) is 18.4. The van der Waals surface area contributed by atoms with E-state index in [-0.39, 0.29) is 5.91 Å². The number of benzene rings is 2. The highest BCUT2D eigenvalue weighted by Gasteiger charge is 2.12. The predicted molar refractivity (Wildman–Crippen MR) is 105 cm³/mol. The molecule has 0 unspecified atom stereocenters. The first kappa shape index (κ1) is 17.9. The Morgan fingerprint density at radius 3 is 2.54 bits per heavy atom. The summed E-state index contributed by atoms with van der Waals surface area (Å²) in [5, 5.41) is 8.23. The molecule has 0 aliphatic carbocycles. The van der Waals surface area contributed by atoms with Crippen LogP contribution >= 0.6 is 23.2 Å². The summed E-state index contributed by atoms with van der Waals surface area (Å²) < 4.78 is 0. The van der Waals surface area contributed by atoms with E-state index in [1.807, 2.05) is 18.2 Å². The van der Waals surface area contributed by atoms with Crippen molar-refractivity contribution in [1.82, 2.24) is 10.4 Å². The molecule has 1 heterocycles. The van der Waals surface area contributed by atoms with Crippen LogP contribution in [-0.4, -0.2) is 17.1 Å². The van der Waals surface area contributed by atoms with Crippen molar-refractivity contribution in [2.24, 2.45) is 5.10 Å². The standard InChI is InChI=1S/C19H14Cl2N4O/c20-14-5-1-4-13(10-14)12-23-25-19(26)17-8-3-9-22-18(17)24-16-7-2-6-15(21)11-16/h1-12H,(H,22,24)(H,25,26). The van der Waals surface area contributed by atoms with Gasteiger partial charge in [0, 0.05) is 21.9 Å². The van der Waals surface area contributed by atoms with Gasteiger partial charge < -0.3 is 5.32 Å². The van der Waals surface area contributed by atoms with Crippen LogP contribution in [0.4, 0.5) is 11.5 Å². The Balaban J connectivity index is 1.73. The Kier molecular flexibility index (Phi) is 5.84. The highest BCUT2D eigenvalue weighted by atomic mass is 35.5. The fourth-order valence-electron chi connectivity index (χ4n) is 2.20. The van der Waals surface area contributed by atoms with Gasteiger partial charge in [0.2, 0.25) is 0 Å². The van der Waals surface area contributed by atoms with Crippen LogP contribution in [0.25, 0.3) is 0 Å². The van der Waals surface area contributed by atoms with E-state index < -0.39 is 0 Å². The number of anilines is 2. The highest BCUT2D eigenvalue weighted by molar-refractivity contribution is 6.31. The number of hydrazone groups is 1. The Morgan fingerprint density at radius 2 is 1.77 bits per heavy atom. The van der Waals surface area contributed by atoms with Gasteiger partial charge in [0.05, 0.1) is 11.8 Å². The lowest BCUT2D eigenvalue weighted by Crippen LogP contribution is -2.19. The summed E-state index contributed by atoms with van der Waals surface area (Å²) in [6.07, 6.45) is 3.11. The van der Waals surface area contributed by atoms with E-state index in [0.717, 1.165) is 11.3 Å². The second kappa shape index (κ2) is 8.47. The average Bonchev–Trinajstić information content (AvgIpc) is 2.62. The molecular formula is C19H14Cl2N4O. The predicted octanol–water partition coefficient (Wildman–Crippen LogP) is 4.90. The third kappa shape index (κ3) is 4.81. The molecule has 0 spiro atoms. The summed E-state index contributed by atoms with van der Waals surface area (Å²) in [7, 11) is 0. The first-order valence-corrected chi connectivity index (χ1v) is 8.44. The SMILES string of the molecule is O=C(NN=Cc1cccc(Cl)c1)c1cccnc1Nc1cccc(Cl)c1. The molecule has 1 amide bonds. The maximum atomic E-state index is 12.4. The summed E-state index contributed by atoms with van der Waals surface area (Å²) in [5.74, 6) is 0.0196. The highest BCUT2D eigenvalue weighted by Crippen LogP contribution is 2.21. The van der Waals surface area contributed by atoms with Crippen LogP contribution in [0.15, 0.2) is 72.0 Å². The van der Waals surface area contributed by atoms with Crippen molar-refractivity contribution in [3.8, 4) is 0 Å². The fourth-order valence-corrected chi connectivity index (χ4v) is 2.59. The van der Waals surface area contributed by atoms with Gasteiger partial charge in [-0.2, -0.15) is 5.10 Å². The topological polar surface area (TPSA) is 66.4 Å². The lowest BCUT2D eigenvalue weighted by molar-refractivity contribution is 0.0955. The molecule has 0 aliphatic rings. The lowest BCUT2D eigenvalue weighted by atomic mass is 10.2. The molecule has 7 heteroatoms. The third-order valence-corrected chi connectivity index (χ3v) is 3.84. The smallest absolute Gasteiger partial charge is 0.275 e. The van der Waals surface area contributed by atoms with Crippen LogP contribution in [0.5, 0.6) is 0 Å². The minimum Gasteiger partial charge on any atom is -0.340 e. The first-order valence-electron chi connectivity index (χ1n) is 7.68. The number of hydrogen-bond acceptors (Lipinski definition) is 4. The maximum absolute atomic E-state index is 12.4. The Hall–Kier alpha value is -2.89. The maximum Gasteiger partial charge on any atom is 0.275 e. The van der Waals surface area contributed by atoms with Gasteiger partial charge in [0.25, 0.3) is 5.91 Å². The molecule has 0 fully saturated rings. The zero-order valence-electron chi connectivity index (χ0n) is 13.5. The van der Waals surface area contributed by atoms with Crippen LogP contribution in [0.3, 0.4) is 0 Å². The van der Waals surface area contributed by atoms with Crippen molar-refractivity contribution in [3.63, 3.8) is 0 Å². The summed E-state index contributed by atoms with van der Waals surface area (Å²) in [5.41, 5.74) is 4.35. The summed E-state index contributed by atoms with van der Waals surface area (Å²) >= 11 is 11.9. The molecule has 130 valence electrons. The molecule has 2 N–H and O–H groups in total. The van der Waals surface area contributed by atoms with E-state index in [2.05, 4.69) is 20.8 Å². The van der Waals surface area contributed by atoms with Crippen LogP contribution in [0.1, 0.15) is 15.9 Å². The Bertz CT molecular complexity index is 960. The van der Waals surface area contributed by atoms with Crippen LogP contribution in [0, 0.1) is 0 Å². The van der Waals surface area contributed by atoms with Crippen molar-refractivity contribution in [2.75, 3.05) is 5.32 Å². The molecule has 2 aromatic carbocycles. The van der Waals surface area contributed by atoms with Crippen LogP contribution in [-0.2, 0) is 0 Å². The van der Waals surface area contributed by atoms with E-state index in [9.17, 15) is 4.79 Å². The number of rotatable bonds is 5. The van der Waals surface area contributed by atoms with Crippen LogP contribution in [0.2, 0.25) is 10.0 Å². The van der Waals surface area contributed by atoms with Crippen molar-refractivity contribution in [3.05, 3.63) is 88.0 Å². The van der Waals surface area contributed by atoms with Gasteiger partial charge in [-0.3, -0.25) is 4.79 Å². The lowest BCUT2D eigenvalue weighted by Gasteiger charge is -2.10. The van der Waals surface area contributed by atoms with E-state index in [0.29, 0.717) is 21.4 Å². The number of halogens is 2. The Morgan fingerprint density at radius 1 is 1.00 bits per heavy atom. The molecule has 0 bridgehead atoms. The fraction of sp³-hybridized carbons (Fsp3) is 0. The average molecular weight is 385 g/mol. The molecule has 0 saturated carbocycles. The third-order valence-electron chi connectivity index (χ3n) is 3.37. The van der Waals surface area contributed by atoms with Gasteiger partial charge in [0.1, 0.15) is 5.82 Å². The summed E-state index contributed by atoms with van der Waals surface area (Å²) in [6, 6.07) is 17.6. The molecule has 3 aromatic rings. The number of nitrogens with zero attached hydrogens (tertiary/aromatic N) is 2. The van der Waals surface area contributed by atoms with Gasteiger partial charge >= 0.3 is 0 Å². The zero-order valence-corrected chi connectivity index (χ0v) is 15.0. The minimum absolute atomic E-state index is 0.357. The molecule has 1 aromatic heterocycles. The van der Waals surface area contributed by atoms with Gasteiger partial charge in [-0.25, -0.2) is 10.4 Å². The van der Waals surface area contributed by atoms with Crippen molar-refractivity contribution >= 4 is 46.8 Å². The molecule has 3 rings (SSSR count). The van der Waals surface area contributed by atoms with Gasteiger partial charge in [0.15, 0.2) is 0 Å². The van der Waals surface area contributed by atoms with Gasteiger partial charge in [-0.1, -0.05) is 41.4 Å².